The highest BCUT2D eigenvalue weighted by molar-refractivity contribution is 7.91. The van der Waals surface area contributed by atoms with Gasteiger partial charge in [0.1, 0.15) is 5.82 Å². The molecule has 1 fully saturated rings. The van der Waals surface area contributed by atoms with Gasteiger partial charge in [-0.05, 0) is 37.6 Å². The molecule has 0 amide bonds. The normalized spacial score (nSPS) is 21.1. The van der Waals surface area contributed by atoms with Crippen LogP contribution in [0.25, 0.3) is 0 Å². The monoisotopic (exact) mass is 297 g/mol. The number of sulfone groups is 1. The highest BCUT2D eigenvalue weighted by Crippen LogP contribution is 2.23. The Hall–Kier alpha value is -1.14. The molecule has 1 aliphatic rings. The van der Waals surface area contributed by atoms with Crippen molar-refractivity contribution in [2.24, 2.45) is 0 Å². The Morgan fingerprint density at radius 3 is 2.75 bits per heavy atom. The quantitative estimate of drug-likeness (QED) is 0.878. The van der Waals surface area contributed by atoms with Crippen LogP contribution in [0.15, 0.2) is 12.1 Å². The number of hydrogen-bond donors (Lipinski definition) is 1. The van der Waals surface area contributed by atoms with Crippen molar-refractivity contribution in [3.63, 3.8) is 0 Å². The van der Waals surface area contributed by atoms with Gasteiger partial charge >= 0.3 is 0 Å². The van der Waals surface area contributed by atoms with Crippen LogP contribution in [0.1, 0.15) is 24.6 Å². The first-order chi connectivity index (χ1) is 9.45. The van der Waals surface area contributed by atoms with Crippen molar-refractivity contribution in [2.75, 3.05) is 30.5 Å². The predicted molar refractivity (Wildman–Crippen MR) is 81.8 cm³/mol. The van der Waals surface area contributed by atoms with E-state index in [0.717, 1.165) is 24.5 Å². The van der Waals surface area contributed by atoms with Gasteiger partial charge < -0.3 is 10.2 Å². The van der Waals surface area contributed by atoms with Gasteiger partial charge in [0.05, 0.1) is 11.5 Å². The van der Waals surface area contributed by atoms with E-state index in [9.17, 15) is 8.42 Å². The molecule has 1 atom stereocenters. The lowest BCUT2D eigenvalue weighted by Gasteiger charge is -2.25. The Labute approximate surface area is 121 Å². The fourth-order valence-electron chi connectivity index (χ4n) is 2.57. The molecule has 20 heavy (non-hydrogen) atoms. The lowest BCUT2D eigenvalue weighted by Crippen LogP contribution is -2.33. The largest absolute Gasteiger partial charge is 0.356 e. The molecule has 0 aliphatic carbocycles. The van der Waals surface area contributed by atoms with Crippen LogP contribution >= 0.6 is 0 Å². The van der Waals surface area contributed by atoms with Crippen LogP contribution < -0.4 is 10.2 Å². The van der Waals surface area contributed by atoms with Gasteiger partial charge in [0, 0.05) is 25.3 Å². The molecule has 6 heteroatoms. The smallest absolute Gasteiger partial charge is 0.152 e. The third kappa shape index (κ3) is 3.49. The van der Waals surface area contributed by atoms with Crippen LogP contribution in [0.2, 0.25) is 0 Å². The highest BCUT2D eigenvalue weighted by Gasteiger charge is 2.31. The van der Waals surface area contributed by atoms with Gasteiger partial charge in [0.2, 0.25) is 0 Å². The van der Waals surface area contributed by atoms with Gasteiger partial charge in [0.15, 0.2) is 9.84 Å². The van der Waals surface area contributed by atoms with Gasteiger partial charge in [-0.2, -0.15) is 0 Å². The maximum Gasteiger partial charge on any atom is 0.152 e. The van der Waals surface area contributed by atoms with E-state index in [1.54, 1.807) is 0 Å². The van der Waals surface area contributed by atoms with Crippen molar-refractivity contribution in [2.45, 2.75) is 32.4 Å². The first-order valence-electron chi connectivity index (χ1n) is 7.03. The summed E-state index contributed by atoms with van der Waals surface area (Å²) in [6, 6.07) is 4.18. The molecule has 1 saturated heterocycles. The Balaban J connectivity index is 2.24. The molecule has 0 bridgehead atoms. The second-order valence-corrected chi connectivity index (χ2v) is 7.61. The Bertz CT molecular complexity index is 572. The van der Waals surface area contributed by atoms with E-state index >= 15 is 0 Å². The lowest BCUT2D eigenvalue weighted by molar-refractivity contribution is 0.600. The Morgan fingerprint density at radius 1 is 1.45 bits per heavy atom. The first-order valence-corrected chi connectivity index (χ1v) is 8.85. The number of aromatic nitrogens is 1. The van der Waals surface area contributed by atoms with Crippen LogP contribution in [-0.4, -0.2) is 45.0 Å². The summed E-state index contributed by atoms with van der Waals surface area (Å²) in [5.41, 5.74) is 2.22. The number of anilines is 1. The molecule has 0 radical (unpaired) electrons. The first kappa shape index (κ1) is 15.3. The average molecular weight is 297 g/mol. The minimum absolute atomic E-state index is 0.0436. The van der Waals surface area contributed by atoms with Crippen molar-refractivity contribution in [3.8, 4) is 0 Å². The maximum absolute atomic E-state index is 11.6. The van der Waals surface area contributed by atoms with Crippen LogP contribution in [0.3, 0.4) is 0 Å². The van der Waals surface area contributed by atoms with Gasteiger partial charge in [-0.25, -0.2) is 13.4 Å². The zero-order valence-electron chi connectivity index (χ0n) is 12.4. The van der Waals surface area contributed by atoms with E-state index in [4.69, 9.17) is 0 Å². The van der Waals surface area contributed by atoms with Crippen LogP contribution in [0.5, 0.6) is 0 Å². The third-order valence-corrected chi connectivity index (χ3v) is 5.54. The molecule has 2 rings (SSSR count). The maximum atomic E-state index is 11.6. The number of pyridine rings is 1. The number of aryl methyl sites for hydroxylation is 1. The van der Waals surface area contributed by atoms with Crippen molar-refractivity contribution >= 4 is 15.7 Å². The molecule has 2 heterocycles. The second kappa shape index (κ2) is 6.10. The molecule has 5 nitrogen and oxygen atoms in total. The standard InChI is InChI=1S/C14H23N3O2S/c1-4-12-7-11(9-15-2)8-14(16-12)17(3)13-5-6-20(18,19)10-13/h7-8,13,15H,4-6,9-10H2,1-3H3. The van der Waals surface area contributed by atoms with Crippen molar-refractivity contribution in [1.82, 2.24) is 10.3 Å². The topological polar surface area (TPSA) is 62.3 Å². The number of hydrogen-bond acceptors (Lipinski definition) is 5. The van der Waals surface area contributed by atoms with Gasteiger partial charge in [-0.15, -0.1) is 0 Å². The molecular weight excluding hydrogens is 274 g/mol. The fourth-order valence-corrected chi connectivity index (χ4v) is 4.34. The number of nitrogens with one attached hydrogen (secondary N) is 1. The molecule has 1 N–H and O–H groups in total. The third-order valence-electron chi connectivity index (χ3n) is 3.79. The minimum Gasteiger partial charge on any atom is -0.356 e. The van der Waals surface area contributed by atoms with E-state index < -0.39 is 9.84 Å². The van der Waals surface area contributed by atoms with Gasteiger partial charge in [-0.1, -0.05) is 6.92 Å². The van der Waals surface area contributed by atoms with Crippen LogP contribution in [0, 0.1) is 0 Å². The van der Waals surface area contributed by atoms with E-state index in [0.29, 0.717) is 12.2 Å². The molecule has 112 valence electrons. The molecular formula is C14H23N3O2S. The summed E-state index contributed by atoms with van der Waals surface area (Å²) >= 11 is 0. The molecule has 1 aromatic heterocycles. The number of nitrogens with zero attached hydrogens (tertiary/aromatic N) is 2. The number of rotatable bonds is 5. The highest BCUT2D eigenvalue weighted by atomic mass is 32.2. The summed E-state index contributed by atoms with van der Waals surface area (Å²) in [6.45, 7) is 2.87. The molecule has 1 aliphatic heterocycles. The van der Waals surface area contributed by atoms with E-state index in [1.807, 2.05) is 25.1 Å². The van der Waals surface area contributed by atoms with E-state index in [-0.39, 0.29) is 11.8 Å². The predicted octanol–water partition coefficient (Wildman–Crippen LogP) is 0.987. The fraction of sp³-hybridized carbons (Fsp3) is 0.643. The lowest BCUT2D eigenvalue weighted by atomic mass is 10.1. The second-order valence-electron chi connectivity index (χ2n) is 5.38. The minimum atomic E-state index is -2.87. The molecule has 0 spiro atoms. The SMILES string of the molecule is CCc1cc(CNC)cc(N(C)C2CCS(=O)(=O)C2)n1. The molecule has 1 aromatic rings. The van der Waals surface area contributed by atoms with Crippen molar-refractivity contribution in [3.05, 3.63) is 23.4 Å². The van der Waals surface area contributed by atoms with Gasteiger partial charge in [0.25, 0.3) is 0 Å². The van der Waals surface area contributed by atoms with E-state index in [2.05, 4.69) is 23.3 Å². The van der Waals surface area contributed by atoms with Crippen molar-refractivity contribution in [1.29, 1.82) is 0 Å². The summed E-state index contributed by atoms with van der Waals surface area (Å²) in [5.74, 6) is 1.40. The molecule has 0 aromatic carbocycles. The summed E-state index contributed by atoms with van der Waals surface area (Å²) < 4.78 is 23.2. The summed E-state index contributed by atoms with van der Waals surface area (Å²) in [6.07, 6.45) is 1.57. The summed E-state index contributed by atoms with van der Waals surface area (Å²) in [7, 11) is 0.990. The molecule has 0 saturated carbocycles. The molecule has 1 unspecified atom stereocenters. The zero-order chi connectivity index (χ0) is 14.8. The zero-order valence-corrected chi connectivity index (χ0v) is 13.2. The average Bonchev–Trinajstić information content (AvgIpc) is 2.78. The Morgan fingerprint density at radius 2 is 2.20 bits per heavy atom. The van der Waals surface area contributed by atoms with E-state index in [1.165, 1.54) is 5.56 Å². The van der Waals surface area contributed by atoms with Crippen LogP contribution in [-0.2, 0) is 22.8 Å². The Kier molecular flexibility index (Phi) is 4.65. The van der Waals surface area contributed by atoms with Crippen molar-refractivity contribution < 1.29 is 8.42 Å². The summed E-state index contributed by atoms with van der Waals surface area (Å²) in [5, 5.41) is 3.14. The van der Waals surface area contributed by atoms with Crippen LogP contribution in [0.4, 0.5) is 5.82 Å². The summed E-state index contributed by atoms with van der Waals surface area (Å²) in [4.78, 5) is 6.65. The van der Waals surface area contributed by atoms with Gasteiger partial charge in [-0.3, -0.25) is 0 Å².